The molecule has 1 aromatic carbocycles. The molecule has 0 aliphatic rings. The number of hydrogen-bond acceptors (Lipinski definition) is 2. The maximum absolute atomic E-state index is 12.4. The Balaban J connectivity index is 0.000001000. The number of halogens is 2. The van der Waals surface area contributed by atoms with E-state index < -0.39 is 0 Å². The Labute approximate surface area is 70.5 Å². The van der Waals surface area contributed by atoms with Crippen LogP contribution in [0.5, 0.6) is 0 Å². The van der Waals surface area contributed by atoms with Crippen molar-refractivity contribution in [3.05, 3.63) is 35.6 Å². The van der Waals surface area contributed by atoms with E-state index in [-0.39, 0.29) is 24.8 Å². The molecule has 0 aromatic heterocycles. The van der Waals surface area contributed by atoms with Crippen molar-refractivity contribution in [3.8, 4) is 0 Å². The van der Waals surface area contributed by atoms with Crippen molar-refractivity contribution in [2.24, 2.45) is 5.90 Å². The van der Waals surface area contributed by atoms with Crippen LogP contribution in [0.2, 0.25) is 0 Å². The van der Waals surface area contributed by atoms with Crippen LogP contribution >= 0.6 is 12.4 Å². The summed E-state index contributed by atoms with van der Waals surface area (Å²) in [6.45, 7) is 0.248. The third kappa shape index (κ3) is 3.32. The maximum atomic E-state index is 12.4. The van der Waals surface area contributed by atoms with Gasteiger partial charge >= 0.3 is 0 Å². The molecule has 62 valence electrons. The molecule has 0 aliphatic carbocycles. The summed E-state index contributed by atoms with van der Waals surface area (Å²) in [5.74, 6) is 4.52. The van der Waals surface area contributed by atoms with E-state index in [0.29, 0.717) is 0 Å². The highest BCUT2D eigenvalue weighted by Gasteiger charge is 1.92. The molecule has 0 saturated heterocycles. The van der Waals surface area contributed by atoms with E-state index in [9.17, 15) is 4.39 Å². The van der Waals surface area contributed by atoms with E-state index in [0.717, 1.165) is 5.56 Å². The zero-order chi connectivity index (χ0) is 7.40. The molecule has 0 unspecified atom stereocenters. The van der Waals surface area contributed by atoms with Gasteiger partial charge in [0, 0.05) is 0 Å². The van der Waals surface area contributed by atoms with Crippen LogP contribution in [0.15, 0.2) is 24.3 Å². The van der Waals surface area contributed by atoms with Gasteiger partial charge in [0.1, 0.15) is 5.82 Å². The average molecular weight is 178 g/mol. The lowest BCUT2D eigenvalue weighted by Gasteiger charge is -1.96. The van der Waals surface area contributed by atoms with Gasteiger partial charge in [-0.15, -0.1) is 12.4 Å². The third-order valence-corrected chi connectivity index (χ3v) is 1.14. The van der Waals surface area contributed by atoms with Gasteiger partial charge in [-0.25, -0.2) is 10.3 Å². The lowest BCUT2D eigenvalue weighted by molar-refractivity contribution is 0.124. The lowest BCUT2D eigenvalue weighted by Crippen LogP contribution is -1.98. The standard InChI is InChI=1S/C7H8FNO.ClH/c8-7-3-1-2-6(4-7)5-10-9;/h1-4H,5,9H2;1H. The number of rotatable bonds is 2. The van der Waals surface area contributed by atoms with Gasteiger partial charge in [-0.3, -0.25) is 4.84 Å². The second-order valence-electron chi connectivity index (χ2n) is 1.94. The summed E-state index contributed by atoms with van der Waals surface area (Å²) in [5.41, 5.74) is 0.738. The largest absolute Gasteiger partial charge is 0.300 e. The zero-order valence-corrected chi connectivity index (χ0v) is 6.60. The molecule has 1 rings (SSSR count). The van der Waals surface area contributed by atoms with Gasteiger partial charge in [0.25, 0.3) is 0 Å². The van der Waals surface area contributed by atoms with Gasteiger partial charge in [0.2, 0.25) is 0 Å². The Morgan fingerprint density at radius 3 is 2.73 bits per heavy atom. The van der Waals surface area contributed by atoms with Crippen LogP contribution in [-0.2, 0) is 11.4 Å². The topological polar surface area (TPSA) is 35.2 Å². The predicted molar refractivity (Wildman–Crippen MR) is 42.6 cm³/mol. The normalized spacial score (nSPS) is 8.91. The minimum absolute atomic E-state index is 0. The number of nitrogens with two attached hydrogens (primary N) is 1. The summed E-state index contributed by atoms with van der Waals surface area (Å²) in [5, 5.41) is 0. The van der Waals surface area contributed by atoms with Crippen molar-refractivity contribution in [2.75, 3.05) is 0 Å². The summed E-state index contributed by atoms with van der Waals surface area (Å²) >= 11 is 0. The number of hydrogen-bond donors (Lipinski definition) is 1. The van der Waals surface area contributed by atoms with Crippen molar-refractivity contribution in [1.29, 1.82) is 0 Å². The van der Waals surface area contributed by atoms with Crippen LogP contribution in [0, 0.1) is 5.82 Å². The molecule has 11 heavy (non-hydrogen) atoms. The molecule has 1 aromatic rings. The summed E-state index contributed by atoms with van der Waals surface area (Å²) in [6, 6.07) is 6.12. The summed E-state index contributed by atoms with van der Waals surface area (Å²) in [7, 11) is 0. The van der Waals surface area contributed by atoms with Crippen LogP contribution < -0.4 is 5.90 Å². The molecular formula is C7H9ClFNO. The fraction of sp³-hybridized carbons (Fsp3) is 0.143. The molecule has 0 spiro atoms. The van der Waals surface area contributed by atoms with E-state index in [1.807, 2.05) is 0 Å². The second kappa shape index (κ2) is 5.07. The van der Waals surface area contributed by atoms with Crippen LogP contribution in [0.4, 0.5) is 4.39 Å². The molecule has 0 bridgehead atoms. The van der Waals surface area contributed by atoms with E-state index in [1.54, 1.807) is 12.1 Å². The Bertz CT molecular complexity index is 219. The van der Waals surface area contributed by atoms with Crippen molar-refractivity contribution >= 4 is 12.4 Å². The van der Waals surface area contributed by atoms with Gasteiger partial charge in [-0.05, 0) is 17.7 Å². The van der Waals surface area contributed by atoms with Crippen molar-refractivity contribution in [2.45, 2.75) is 6.61 Å². The van der Waals surface area contributed by atoms with Crippen LogP contribution in [0.1, 0.15) is 5.56 Å². The minimum Gasteiger partial charge on any atom is -0.300 e. The Kier molecular flexibility index (Phi) is 4.77. The van der Waals surface area contributed by atoms with Gasteiger partial charge in [-0.2, -0.15) is 0 Å². The fourth-order valence-electron chi connectivity index (χ4n) is 0.723. The maximum Gasteiger partial charge on any atom is 0.123 e. The monoisotopic (exact) mass is 177 g/mol. The van der Waals surface area contributed by atoms with Crippen LogP contribution in [-0.4, -0.2) is 0 Å². The highest BCUT2D eigenvalue weighted by molar-refractivity contribution is 5.85. The molecule has 0 atom stereocenters. The predicted octanol–water partition coefficient (Wildman–Crippen LogP) is 1.64. The molecule has 4 heteroatoms. The first-order valence-electron chi connectivity index (χ1n) is 2.89. The van der Waals surface area contributed by atoms with Gasteiger partial charge in [0.15, 0.2) is 0 Å². The average Bonchev–Trinajstić information content (AvgIpc) is 1.88. The molecule has 2 nitrogen and oxygen atoms in total. The molecule has 0 radical (unpaired) electrons. The molecule has 2 N–H and O–H groups in total. The Hall–Kier alpha value is -0.640. The van der Waals surface area contributed by atoms with Crippen LogP contribution in [0.25, 0.3) is 0 Å². The first kappa shape index (κ1) is 10.4. The first-order valence-corrected chi connectivity index (χ1v) is 2.89. The van der Waals surface area contributed by atoms with Crippen molar-refractivity contribution in [3.63, 3.8) is 0 Å². The Morgan fingerprint density at radius 2 is 2.18 bits per heavy atom. The van der Waals surface area contributed by atoms with Crippen molar-refractivity contribution < 1.29 is 9.23 Å². The lowest BCUT2D eigenvalue weighted by atomic mass is 10.2. The highest BCUT2D eigenvalue weighted by Crippen LogP contribution is 2.03. The quantitative estimate of drug-likeness (QED) is 0.697. The van der Waals surface area contributed by atoms with Crippen LogP contribution in [0.3, 0.4) is 0 Å². The third-order valence-electron chi connectivity index (χ3n) is 1.14. The van der Waals surface area contributed by atoms with Gasteiger partial charge in [0.05, 0.1) is 6.61 Å². The van der Waals surface area contributed by atoms with Gasteiger partial charge < -0.3 is 0 Å². The van der Waals surface area contributed by atoms with E-state index in [2.05, 4.69) is 4.84 Å². The molecule has 0 saturated carbocycles. The Morgan fingerprint density at radius 1 is 1.45 bits per heavy atom. The van der Waals surface area contributed by atoms with E-state index in [1.165, 1.54) is 12.1 Å². The zero-order valence-electron chi connectivity index (χ0n) is 5.79. The molecule has 0 heterocycles. The summed E-state index contributed by atoms with van der Waals surface area (Å²) < 4.78 is 12.4. The summed E-state index contributed by atoms with van der Waals surface area (Å²) in [6.07, 6.45) is 0. The van der Waals surface area contributed by atoms with Gasteiger partial charge in [-0.1, -0.05) is 12.1 Å². The highest BCUT2D eigenvalue weighted by atomic mass is 35.5. The van der Waals surface area contributed by atoms with E-state index >= 15 is 0 Å². The minimum atomic E-state index is -0.269. The smallest absolute Gasteiger partial charge is 0.123 e. The second-order valence-corrected chi connectivity index (χ2v) is 1.94. The van der Waals surface area contributed by atoms with Crippen molar-refractivity contribution in [1.82, 2.24) is 0 Å². The summed E-state index contributed by atoms with van der Waals surface area (Å²) in [4.78, 5) is 4.32. The molecular weight excluding hydrogens is 169 g/mol. The fourth-order valence-corrected chi connectivity index (χ4v) is 0.723. The molecule has 0 aliphatic heterocycles. The SMILES string of the molecule is Cl.NOCc1cccc(F)c1. The molecule has 0 fully saturated rings. The first-order chi connectivity index (χ1) is 4.83. The number of benzene rings is 1. The molecule has 0 amide bonds. The van der Waals surface area contributed by atoms with E-state index in [4.69, 9.17) is 5.90 Å².